The maximum absolute atomic E-state index is 4.92. The van der Waals surface area contributed by atoms with E-state index in [4.69, 9.17) is 4.98 Å². The molecule has 0 bridgehead atoms. The van der Waals surface area contributed by atoms with Crippen LogP contribution in [0.3, 0.4) is 0 Å². The van der Waals surface area contributed by atoms with Crippen LogP contribution in [-0.4, -0.2) is 31.2 Å². The Bertz CT molecular complexity index is 477. The minimum atomic E-state index is 0.714. The topological polar surface area (TPSA) is 28.2 Å². The first-order chi connectivity index (χ1) is 9.70. The summed E-state index contributed by atoms with van der Waals surface area (Å²) in [5, 5.41) is 3.45. The van der Waals surface area contributed by atoms with Gasteiger partial charge in [-0.3, -0.25) is 4.98 Å². The number of aryl methyl sites for hydroxylation is 1. The van der Waals surface area contributed by atoms with E-state index in [1.807, 2.05) is 0 Å². The van der Waals surface area contributed by atoms with E-state index < -0.39 is 0 Å². The monoisotopic (exact) mass is 273 g/mol. The van der Waals surface area contributed by atoms with Crippen LogP contribution in [0.25, 0.3) is 0 Å². The minimum Gasteiger partial charge on any atom is -0.369 e. The third-order valence-corrected chi connectivity index (χ3v) is 4.77. The van der Waals surface area contributed by atoms with Gasteiger partial charge in [0.25, 0.3) is 0 Å². The van der Waals surface area contributed by atoms with Crippen molar-refractivity contribution >= 4 is 5.69 Å². The number of hydrogen-bond donors (Lipinski definition) is 1. The first-order valence-corrected chi connectivity index (χ1v) is 8.16. The molecule has 3 heteroatoms. The number of anilines is 1. The van der Waals surface area contributed by atoms with Crippen LogP contribution in [0.15, 0.2) is 6.07 Å². The zero-order valence-corrected chi connectivity index (χ0v) is 13.1. The molecule has 1 aliphatic heterocycles. The predicted molar refractivity (Wildman–Crippen MR) is 84.6 cm³/mol. The summed E-state index contributed by atoms with van der Waals surface area (Å²) in [6.07, 6.45) is 3.67. The molecule has 2 fully saturated rings. The Hall–Kier alpha value is -1.09. The molecule has 2 unspecified atom stereocenters. The quantitative estimate of drug-likeness (QED) is 0.914. The Kier molecular flexibility index (Phi) is 3.97. The Morgan fingerprint density at radius 3 is 2.65 bits per heavy atom. The van der Waals surface area contributed by atoms with Crippen molar-refractivity contribution in [3.8, 4) is 0 Å². The number of rotatable bonds is 4. The summed E-state index contributed by atoms with van der Waals surface area (Å²) in [6.45, 7) is 11.3. The van der Waals surface area contributed by atoms with E-state index in [0.717, 1.165) is 38.5 Å². The van der Waals surface area contributed by atoms with Crippen LogP contribution in [0.4, 0.5) is 5.69 Å². The average Bonchev–Trinajstić information content (AvgIpc) is 3.19. The molecule has 2 heterocycles. The van der Waals surface area contributed by atoms with Crippen molar-refractivity contribution in [1.82, 2.24) is 10.3 Å². The lowest BCUT2D eigenvalue weighted by molar-refractivity contribution is 0.586. The zero-order valence-electron chi connectivity index (χ0n) is 13.1. The van der Waals surface area contributed by atoms with Crippen LogP contribution in [0, 0.1) is 12.8 Å². The highest BCUT2D eigenvalue weighted by atomic mass is 15.2. The highest BCUT2D eigenvalue weighted by Crippen LogP contribution is 2.47. The summed E-state index contributed by atoms with van der Waals surface area (Å²) in [7, 11) is 0. The molecule has 1 saturated heterocycles. The van der Waals surface area contributed by atoms with Gasteiger partial charge in [-0.05, 0) is 37.3 Å². The van der Waals surface area contributed by atoms with Gasteiger partial charge in [-0.15, -0.1) is 0 Å². The lowest BCUT2D eigenvalue weighted by Crippen LogP contribution is -2.44. The summed E-state index contributed by atoms with van der Waals surface area (Å²) in [5.74, 6) is 1.54. The van der Waals surface area contributed by atoms with Crippen molar-refractivity contribution < 1.29 is 0 Å². The molecule has 0 aromatic carbocycles. The van der Waals surface area contributed by atoms with Crippen LogP contribution in [0.5, 0.6) is 0 Å². The number of piperazine rings is 1. The maximum Gasteiger partial charge on any atom is 0.0461 e. The maximum atomic E-state index is 4.92. The number of nitrogens with zero attached hydrogens (tertiary/aromatic N) is 2. The fourth-order valence-corrected chi connectivity index (χ4v) is 3.38. The molecule has 1 aliphatic carbocycles. The number of nitrogens with one attached hydrogen (secondary N) is 1. The van der Waals surface area contributed by atoms with Crippen molar-refractivity contribution in [3.63, 3.8) is 0 Å². The number of pyridine rings is 1. The van der Waals surface area contributed by atoms with Gasteiger partial charge in [0.15, 0.2) is 0 Å². The van der Waals surface area contributed by atoms with Crippen LogP contribution >= 0.6 is 0 Å². The van der Waals surface area contributed by atoms with Gasteiger partial charge >= 0.3 is 0 Å². The first kappa shape index (κ1) is 13.9. The highest BCUT2D eigenvalue weighted by Gasteiger charge is 2.36. The summed E-state index contributed by atoms with van der Waals surface area (Å²) in [5.41, 5.74) is 5.54. The van der Waals surface area contributed by atoms with E-state index >= 15 is 0 Å². The molecule has 1 aromatic rings. The number of hydrogen-bond acceptors (Lipinski definition) is 3. The average molecular weight is 273 g/mol. The van der Waals surface area contributed by atoms with E-state index in [0.29, 0.717) is 5.92 Å². The van der Waals surface area contributed by atoms with Gasteiger partial charge in [0.1, 0.15) is 0 Å². The van der Waals surface area contributed by atoms with Gasteiger partial charge in [-0.1, -0.05) is 20.3 Å². The molecule has 3 nitrogen and oxygen atoms in total. The van der Waals surface area contributed by atoms with Gasteiger partial charge in [-0.25, -0.2) is 0 Å². The first-order valence-electron chi connectivity index (χ1n) is 8.16. The van der Waals surface area contributed by atoms with Gasteiger partial charge in [0.2, 0.25) is 0 Å². The number of aromatic nitrogens is 1. The highest BCUT2D eigenvalue weighted by molar-refractivity contribution is 5.57. The SMILES string of the molecule is CCCc1c(N2CCNCC2)cc(C2CC2C)nc1C. The van der Waals surface area contributed by atoms with Crippen molar-refractivity contribution in [3.05, 3.63) is 23.0 Å². The zero-order chi connectivity index (χ0) is 14.1. The third-order valence-electron chi connectivity index (χ3n) is 4.77. The second kappa shape index (κ2) is 5.72. The molecule has 2 aliphatic rings. The summed E-state index contributed by atoms with van der Waals surface area (Å²) in [4.78, 5) is 7.48. The van der Waals surface area contributed by atoms with Crippen LogP contribution in [0.1, 0.15) is 49.6 Å². The van der Waals surface area contributed by atoms with E-state index in [1.54, 1.807) is 0 Å². The second-order valence-corrected chi connectivity index (χ2v) is 6.44. The summed E-state index contributed by atoms with van der Waals surface area (Å²) >= 11 is 0. The van der Waals surface area contributed by atoms with Crippen molar-refractivity contribution in [1.29, 1.82) is 0 Å². The molecule has 1 saturated carbocycles. The molecule has 0 radical (unpaired) electrons. The van der Waals surface area contributed by atoms with Gasteiger partial charge in [0, 0.05) is 49.2 Å². The van der Waals surface area contributed by atoms with Crippen LogP contribution < -0.4 is 10.2 Å². The molecule has 110 valence electrons. The molecule has 1 aromatic heterocycles. The standard InChI is InChI=1S/C17H27N3/c1-4-5-14-13(3)19-16(15-10-12(15)2)11-17(14)20-8-6-18-7-9-20/h11-12,15,18H,4-10H2,1-3H3. The molecular formula is C17H27N3. The Morgan fingerprint density at radius 1 is 1.35 bits per heavy atom. The molecule has 20 heavy (non-hydrogen) atoms. The Labute approximate surface area is 122 Å². The fourth-order valence-electron chi connectivity index (χ4n) is 3.38. The Balaban J connectivity index is 1.96. The molecule has 1 N–H and O–H groups in total. The normalized spacial score (nSPS) is 25.9. The molecular weight excluding hydrogens is 246 g/mol. The van der Waals surface area contributed by atoms with Crippen molar-refractivity contribution in [2.24, 2.45) is 5.92 Å². The van der Waals surface area contributed by atoms with Crippen LogP contribution in [-0.2, 0) is 6.42 Å². The van der Waals surface area contributed by atoms with E-state index in [9.17, 15) is 0 Å². The van der Waals surface area contributed by atoms with E-state index in [-0.39, 0.29) is 0 Å². The van der Waals surface area contributed by atoms with Gasteiger partial charge in [-0.2, -0.15) is 0 Å². The summed E-state index contributed by atoms with van der Waals surface area (Å²) in [6, 6.07) is 2.40. The van der Waals surface area contributed by atoms with Crippen molar-refractivity contribution in [2.75, 3.05) is 31.1 Å². The van der Waals surface area contributed by atoms with Crippen LogP contribution in [0.2, 0.25) is 0 Å². The molecule has 0 amide bonds. The fraction of sp³-hybridized carbons (Fsp3) is 0.706. The molecule has 3 rings (SSSR count). The second-order valence-electron chi connectivity index (χ2n) is 6.44. The predicted octanol–water partition coefficient (Wildman–Crippen LogP) is 2.88. The lowest BCUT2D eigenvalue weighted by Gasteiger charge is -2.32. The summed E-state index contributed by atoms with van der Waals surface area (Å²) < 4.78 is 0. The molecule has 0 spiro atoms. The molecule has 2 atom stereocenters. The largest absolute Gasteiger partial charge is 0.369 e. The minimum absolute atomic E-state index is 0.714. The van der Waals surface area contributed by atoms with E-state index in [2.05, 4.69) is 37.1 Å². The third kappa shape index (κ3) is 2.69. The lowest BCUT2D eigenvalue weighted by atomic mass is 10.0. The van der Waals surface area contributed by atoms with Gasteiger partial charge in [0.05, 0.1) is 0 Å². The van der Waals surface area contributed by atoms with Crippen molar-refractivity contribution in [2.45, 2.75) is 46.0 Å². The smallest absolute Gasteiger partial charge is 0.0461 e. The Morgan fingerprint density at radius 2 is 2.05 bits per heavy atom. The van der Waals surface area contributed by atoms with Gasteiger partial charge < -0.3 is 10.2 Å². The van der Waals surface area contributed by atoms with E-state index in [1.165, 1.54) is 35.5 Å².